The Bertz CT molecular complexity index is 1050. The molecule has 0 radical (unpaired) electrons. The number of nitrogens with one attached hydrogen (secondary N) is 1. The second-order valence-electron chi connectivity index (χ2n) is 13.3. The van der Waals surface area contributed by atoms with Gasteiger partial charge in [-0.05, 0) is 90.4 Å². The molecule has 0 spiro atoms. The molecular formula is C39H70N2O7P+. The Balaban J connectivity index is 4.80. The van der Waals surface area contributed by atoms with Crippen molar-refractivity contribution in [2.45, 2.75) is 128 Å². The fourth-order valence-electron chi connectivity index (χ4n) is 4.60. The number of carbonyl (C=O) groups excluding carboxylic acids is 1. The normalized spacial score (nSPS) is 16.2. The number of likely N-dealkylation sites (N-methyl/N-ethyl adjacent to an activating group) is 1. The molecule has 10 heteroatoms. The maximum absolute atomic E-state index is 12.8. The van der Waals surface area contributed by atoms with Crippen LogP contribution in [-0.2, 0) is 18.4 Å². The average molecular weight is 710 g/mol. The zero-order valence-electron chi connectivity index (χ0n) is 31.3. The summed E-state index contributed by atoms with van der Waals surface area (Å²) in [5, 5.41) is 24.4. The van der Waals surface area contributed by atoms with Gasteiger partial charge in [0.05, 0.1) is 39.9 Å². The Labute approximate surface area is 298 Å². The van der Waals surface area contributed by atoms with E-state index in [2.05, 4.69) is 85.2 Å². The molecule has 0 aromatic heterocycles. The summed E-state index contributed by atoms with van der Waals surface area (Å²) in [7, 11) is 1.36. The lowest BCUT2D eigenvalue weighted by Gasteiger charge is -2.28. The third-order valence-electron chi connectivity index (χ3n) is 7.58. The summed E-state index contributed by atoms with van der Waals surface area (Å²) in [4.78, 5) is 23.0. The molecule has 0 aliphatic carbocycles. The van der Waals surface area contributed by atoms with Crippen LogP contribution >= 0.6 is 7.82 Å². The molecule has 4 unspecified atom stereocenters. The van der Waals surface area contributed by atoms with E-state index in [1.165, 1.54) is 0 Å². The van der Waals surface area contributed by atoms with E-state index in [4.69, 9.17) is 9.05 Å². The fourth-order valence-corrected chi connectivity index (χ4v) is 5.34. The molecule has 4 atom stereocenters. The smallest absolute Gasteiger partial charge is 0.390 e. The zero-order chi connectivity index (χ0) is 36.6. The SMILES string of the molecule is C/C=C/CC/C=C/CC/C=C/CCCC(O)C(O)C(COP(=O)(O)OCC[N+](C)(C)C)NC(=O)CCCCC/C=C\C/C=C\C/C=C\CC. The molecular weight excluding hydrogens is 639 g/mol. The standard InChI is InChI=1S/C39H69N2O7P/c1-6-8-10-12-14-16-18-20-22-24-26-28-30-32-38(43)40-36(35-48-49(45,46)47-34-33-41(3,4)5)39(44)37(42)31-29-27-25-23-21-19-17-15-13-11-9-7-2/h7-10,14-17,20,22-23,25,36-37,39,42,44H,6,11-13,18-19,21,24,26-35H2,1-5H3,(H-,40,43,45,46)/p+1/b9-7+,10-8-,16-14-,17-15+,22-20-,25-23+. The molecule has 0 aromatic rings. The van der Waals surface area contributed by atoms with Crippen molar-refractivity contribution in [1.29, 1.82) is 0 Å². The van der Waals surface area contributed by atoms with Crippen molar-refractivity contribution in [1.82, 2.24) is 5.32 Å². The molecule has 9 nitrogen and oxygen atoms in total. The third kappa shape index (κ3) is 31.6. The summed E-state index contributed by atoms with van der Waals surface area (Å²) in [6.45, 7) is 4.17. The van der Waals surface area contributed by atoms with Crippen molar-refractivity contribution in [2.24, 2.45) is 0 Å². The van der Waals surface area contributed by atoms with Crippen LogP contribution in [0.5, 0.6) is 0 Å². The predicted molar refractivity (Wildman–Crippen MR) is 204 cm³/mol. The minimum atomic E-state index is -4.43. The van der Waals surface area contributed by atoms with E-state index >= 15 is 0 Å². The van der Waals surface area contributed by atoms with Gasteiger partial charge in [-0.25, -0.2) is 4.57 Å². The van der Waals surface area contributed by atoms with E-state index in [9.17, 15) is 24.5 Å². The van der Waals surface area contributed by atoms with Crippen molar-refractivity contribution >= 4 is 13.7 Å². The van der Waals surface area contributed by atoms with Crippen LogP contribution < -0.4 is 5.32 Å². The quantitative estimate of drug-likeness (QED) is 0.0247. The van der Waals surface area contributed by atoms with Crippen LogP contribution in [0.4, 0.5) is 0 Å². The number of nitrogens with zero attached hydrogens (tertiary/aromatic N) is 1. The maximum Gasteiger partial charge on any atom is 0.472 e. The van der Waals surface area contributed by atoms with E-state index in [1.54, 1.807) is 0 Å². The number of unbranched alkanes of at least 4 members (excludes halogenated alkanes) is 6. The summed E-state index contributed by atoms with van der Waals surface area (Å²) in [6.07, 6.45) is 35.6. The topological polar surface area (TPSA) is 125 Å². The van der Waals surface area contributed by atoms with Crippen LogP contribution in [-0.4, -0.2) is 84.6 Å². The highest BCUT2D eigenvalue weighted by Gasteiger charge is 2.31. The van der Waals surface area contributed by atoms with Gasteiger partial charge in [-0.15, -0.1) is 0 Å². The highest BCUT2D eigenvalue weighted by Crippen LogP contribution is 2.43. The molecule has 0 aliphatic heterocycles. The van der Waals surface area contributed by atoms with Crippen molar-refractivity contribution in [3.8, 4) is 0 Å². The molecule has 0 rings (SSSR count). The number of phosphoric acid groups is 1. The minimum Gasteiger partial charge on any atom is -0.390 e. The first-order valence-corrected chi connectivity index (χ1v) is 19.8. The lowest BCUT2D eigenvalue weighted by atomic mass is 10.0. The van der Waals surface area contributed by atoms with Gasteiger partial charge in [0.2, 0.25) is 5.91 Å². The summed E-state index contributed by atoms with van der Waals surface area (Å²) >= 11 is 0. The number of aliphatic hydroxyl groups excluding tert-OH is 2. The van der Waals surface area contributed by atoms with Crippen LogP contribution in [0.3, 0.4) is 0 Å². The van der Waals surface area contributed by atoms with E-state index < -0.39 is 32.7 Å². The maximum atomic E-state index is 12.8. The monoisotopic (exact) mass is 709 g/mol. The Morgan fingerprint density at radius 3 is 1.92 bits per heavy atom. The van der Waals surface area contributed by atoms with E-state index in [0.717, 1.165) is 70.6 Å². The molecule has 0 saturated heterocycles. The molecule has 1 amide bonds. The summed E-state index contributed by atoms with van der Waals surface area (Å²) < 4.78 is 23.3. The lowest BCUT2D eigenvalue weighted by Crippen LogP contribution is -2.51. The number of hydrogen-bond donors (Lipinski definition) is 4. The summed E-state index contributed by atoms with van der Waals surface area (Å²) in [6, 6.07) is -1.08. The van der Waals surface area contributed by atoms with Crippen LogP contribution in [0.1, 0.15) is 110 Å². The van der Waals surface area contributed by atoms with Gasteiger partial charge in [-0.1, -0.05) is 86.3 Å². The zero-order valence-corrected chi connectivity index (χ0v) is 32.2. The molecule has 0 fully saturated rings. The van der Waals surface area contributed by atoms with E-state index in [-0.39, 0.29) is 18.9 Å². The molecule has 0 aliphatic rings. The van der Waals surface area contributed by atoms with Gasteiger partial charge in [0.25, 0.3) is 0 Å². The van der Waals surface area contributed by atoms with Gasteiger partial charge in [0.15, 0.2) is 0 Å². The Morgan fingerprint density at radius 2 is 1.31 bits per heavy atom. The van der Waals surface area contributed by atoms with Crippen molar-refractivity contribution in [3.05, 3.63) is 72.9 Å². The number of phosphoric ester groups is 1. The number of hydrogen-bond acceptors (Lipinski definition) is 6. The van der Waals surface area contributed by atoms with Crippen LogP contribution in [0.25, 0.3) is 0 Å². The minimum absolute atomic E-state index is 0.00236. The molecule has 0 saturated carbocycles. The highest BCUT2D eigenvalue weighted by molar-refractivity contribution is 7.47. The molecule has 49 heavy (non-hydrogen) atoms. The number of amides is 1. The van der Waals surface area contributed by atoms with Gasteiger partial charge >= 0.3 is 7.82 Å². The fraction of sp³-hybridized carbons (Fsp3) is 0.667. The molecule has 282 valence electrons. The third-order valence-corrected chi connectivity index (χ3v) is 8.57. The second-order valence-corrected chi connectivity index (χ2v) is 14.8. The number of carbonyl (C=O) groups is 1. The van der Waals surface area contributed by atoms with Crippen LogP contribution in [0, 0.1) is 0 Å². The van der Waals surface area contributed by atoms with Crippen molar-refractivity contribution in [2.75, 3.05) is 40.9 Å². The number of rotatable bonds is 31. The molecule has 4 N–H and O–H groups in total. The summed E-state index contributed by atoms with van der Waals surface area (Å²) in [5.41, 5.74) is 0. The first kappa shape index (κ1) is 46.9. The molecule has 0 bridgehead atoms. The van der Waals surface area contributed by atoms with Gasteiger partial charge in [-0.3, -0.25) is 13.8 Å². The number of allylic oxidation sites excluding steroid dienone is 12. The summed E-state index contributed by atoms with van der Waals surface area (Å²) in [5.74, 6) is -0.310. The first-order chi connectivity index (χ1) is 23.4. The lowest BCUT2D eigenvalue weighted by molar-refractivity contribution is -0.870. The van der Waals surface area contributed by atoms with Gasteiger partial charge in [0, 0.05) is 6.42 Å². The predicted octanol–water partition coefficient (Wildman–Crippen LogP) is 8.26. The Morgan fingerprint density at radius 1 is 0.755 bits per heavy atom. The van der Waals surface area contributed by atoms with E-state index in [1.807, 2.05) is 28.1 Å². The molecule has 0 aromatic carbocycles. The number of quaternary nitrogens is 1. The second kappa shape index (κ2) is 30.7. The Hall–Kier alpha value is -2.10. The van der Waals surface area contributed by atoms with E-state index in [0.29, 0.717) is 30.3 Å². The average Bonchev–Trinajstić information content (AvgIpc) is 3.04. The van der Waals surface area contributed by atoms with Crippen molar-refractivity contribution in [3.63, 3.8) is 0 Å². The highest BCUT2D eigenvalue weighted by atomic mass is 31.2. The van der Waals surface area contributed by atoms with Gasteiger partial charge in [-0.2, -0.15) is 0 Å². The van der Waals surface area contributed by atoms with Gasteiger partial charge in [0.1, 0.15) is 19.3 Å². The molecule has 0 heterocycles. The number of aliphatic hydroxyl groups is 2. The van der Waals surface area contributed by atoms with Crippen LogP contribution in [0.15, 0.2) is 72.9 Å². The largest absolute Gasteiger partial charge is 0.472 e. The van der Waals surface area contributed by atoms with Crippen molar-refractivity contribution < 1.29 is 38.0 Å². The van der Waals surface area contributed by atoms with Gasteiger partial charge < -0.3 is 24.9 Å². The first-order valence-electron chi connectivity index (χ1n) is 18.4. The van der Waals surface area contributed by atoms with Crippen LogP contribution in [0.2, 0.25) is 0 Å². The Kier molecular flexibility index (Phi) is 29.4.